The SMILES string of the molecule is C[C@@H]1CNc2cccc(O)c21. The van der Waals surface area contributed by atoms with Gasteiger partial charge in [-0.15, -0.1) is 0 Å². The van der Waals surface area contributed by atoms with Crippen molar-refractivity contribution >= 4 is 5.69 Å². The Balaban J connectivity index is 2.58. The van der Waals surface area contributed by atoms with Gasteiger partial charge in [-0.2, -0.15) is 0 Å². The maximum absolute atomic E-state index is 9.46. The Hall–Kier alpha value is -1.18. The van der Waals surface area contributed by atoms with E-state index in [9.17, 15) is 5.11 Å². The minimum atomic E-state index is 0.417. The summed E-state index contributed by atoms with van der Waals surface area (Å²) in [6.07, 6.45) is 0. The molecule has 0 fully saturated rings. The van der Waals surface area contributed by atoms with Crippen molar-refractivity contribution in [3.63, 3.8) is 0 Å². The van der Waals surface area contributed by atoms with Crippen molar-refractivity contribution in [3.8, 4) is 5.75 Å². The van der Waals surface area contributed by atoms with Gasteiger partial charge in [0.05, 0.1) is 0 Å². The van der Waals surface area contributed by atoms with Gasteiger partial charge >= 0.3 is 0 Å². The van der Waals surface area contributed by atoms with Crippen molar-refractivity contribution in [1.29, 1.82) is 0 Å². The fraction of sp³-hybridized carbons (Fsp3) is 0.333. The number of fused-ring (bicyclic) bond motifs is 1. The van der Waals surface area contributed by atoms with E-state index in [2.05, 4.69) is 12.2 Å². The predicted molar refractivity (Wildman–Crippen MR) is 45.0 cm³/mol. The molecule has 0 amide bonds. The number of aromatic hydroxyl groups is 1. The van der Waals surface area contributed by atoms with Crippen LogP contribution in [-0.2, 0) is 0 Å². The van der Waals surface area contributed by atoms with E-state index in [0.717, 1.165) is 17.8 Å². The molecule has 0 unspecified atom stereocenters. The van der Waals surface area contributed by atoms with Gasteiger partial charge in [0.1, 0.15) is 5.75 Å². The van der Waals surface area contributed by atoms with Gasteiger partial charge in [-0.25, -0.2) is 0 Å². The van der Waals surface area contributed by atoms with Crippen molar-refractivity contribution in [1.82, 2.24) is 0 Å². The standard InChI is InChI=1S/C9H11NO/c1-6-5-10-7-3-2-4-8(11)9(6)7/h2-4,6,10-11H,5H2,1H3/t6-/m1/s1. The monoisotopic (exact) mass is 149 g/mol. The molecule has 1 aliphatic heterocycles. The Bertz CT molecular complexity index is 283. The van der Waals surface area contributed by atoms with Crippen LogP contribution in [0.3, 0.4) is 0 Å². The first-order valence-corrected chi connectivity index (χ1v) is 3.85. The smallest absolute Gasteiger partial charge is 0.121 e. The van der Waals surface area contributed by atoms with Gasteiger partial charge in [0.25, 0.3) is 0 Å². The molecule has 0 saturated heterocycles. The lowest BCUT2D eigenvalue weighted by Crippen LogP contribution is -1.95. The molecule has 58 valence electrons. The molecular weight excluding hydrogens is 138 g/mol. The number of anilines is 1. The fourth-order valence-corrected chi connectivity index (χ4v) is 1.59. The van der Waals surface area contributed by atoms with Crippen LogP contribution in [0.1, 0.15) is 18.4 Å². The van der Waals surface area contributed by atoms with E-state index < -0.39 is 0 Å². The summed E-state index contributed by atoms with van der Waals surface area (Å²) in [5, 5.41) is 12.7. The lowest BCUT2D eigenvalue weighted by Gasteiger charge is -2.03. The summed E-state index contributed by atoms with van der Waals surface area (Å²) >= 11 is 0. The van der Waals surface area contributed by atoms with Crippen molar-refractivity contribution in [2.24, 2.45) is 0 Å². The Morgan fingerprint density at radius 3 is 3.09 bits per heavy atom. The topological polar surface area (TPSA) is 32.3 Å². The molecule has 2 N–H and O–H groups in total. The third-order valence-corrected chi connectivity index (χ3v) is 2.17. The Labute approximate surface area is 65.9 Å². The van der Waals surface area contributed by atoms with Crippen molar-refractivity contribution in [3.05, 3.63) is 23.8 Å². The first-order valence-electron chi connectivity index (χ1n) is 3.85. The highest BCUT2D eigenvalue weighted by molar-refractivity contribution is 5.62. The third kappa shape index (κ3) is 0.862. The van der Waals surface area contributed by atoms with Crippen molar-refractivity contribution < 1.29 is 5.11 Å². The van der Waals surface area contributed by atoms with Crippen LogP contribution < -0.4 is 5.32 Å². The van der Waals surface area contributed by atoms with E-state index in [-0.39, 0.29) is 0 Å². The molecule has 1 aromatic rings. The van der Waals surface area contributed by atoms with E-state index in [1.165, 1.54) is 0 Å². The van der Waals surface area contributed by atoms with Crippen LogP contribution in [0, 0.1) is 0 Å². The van der Waals surface area contributed by atoms with Crippen molar-refractivity contribution in [2.75, 3.05) is 11.9 Å². The highest BCUT2D eigenvalue weighted by Crippen LogP contribution is 2.37. The van der Waals surface area contributed by atoms with E-state index in [4.69, 9.17) is 0 Å². The molecule has 11 heavy (non-hydrogen) atoms. The minimum absolute atomic E-state index is 0.417. The Morgan fingerprint density at radius 1 is 1.55 bits per heavy atom. The number of nitrogens with one attached hydrogen (secondary N) is 1. The molecule has 1 heterocycles. The summed E-state index contributed by atoms with van der Waals surface area (Å²) in [6, 6.07) is 5.60. The maximum atomic E-state index is 9.46. The lowest BCUT2D eigenvalue weighted by molar-refractivity contribution is 0.466. The largest absolute Gasteiger partial charge is 0.508 e. The van der Waals surface area contributed by atoms with Gasteiger partial charge in [0.15, 0.2) is 0 Å². The van der Waals surface area contributed by atoms with Crippen LogP contribution in [0.2, 0.25) is 0 Å². The summed E-state index contributed by atoms with van der Waals surface area (Å²) in [4.78, 5) is 0. The molecule has 0 aromatic heterocycles. The molecule has 0 spiro atoms. The molecule has 1 atom stereocenters. The minimum Gasteiger partial charge on any atom is -0.508 e. The first-order chi connectivity index (χ1) is 5.29. The summed E-state index contributed by atoms with van der Waals surface area (Å²) < 4.78 is 0. The number of hydrogen-bond acceptors (Lipinski definition) is 2. The van der Waals surface area contributed by atoms with Gasteiger partial charge in [0, 0.05) is 23.7 Å². The summed E-state index contributed by atoms with van der Waals surface area (Å²) in [5.41, 5.74) is 2.14. The quantitative estimate of drug-likeness (QED) is 0.590. The summed E-state index contributed by atoms with van der Waals surface area (Å²) in [5.74, 6) is 0.853. The van der Waals surface area contributed by atoms with Crippen LogP contribution >= 0.6 is 0 Å². The average molecular weight is 149 g/mol. The third-order valence-electron chi connectivity index (χ3n) is 2.17. The molecule has 1 aliphatic rings. The second-order valence-electron chi connectivity index (χ2n) is 3.02. The zero-order valence-electron chi connectivity index (χ0n) is 6.46. The number of rotatable bonds is 0. The first kappa shape index (κ1) is 6.53. The van der Waals surface area contributed by atoms with E-state index in [1.54, 1.807) is 6.07 Å². The second kappa shape index (κ2) is 2.16. The predicted octanol–water partition coefficient (Wildman–Crippen LogP) is 1.92. The molecule has 2 rings (SSSR count). The van der Waals surface area contributed by atoms with E-state index >= 15 is 0 Å². The number of hydrogen-bond donors (Lipinski definition) is 2. The number of phenols is 1. The van der Waals surface area contributed by atoms with Gasteiger partial charge in [0.2, 0.25) is 0 Å². The number of benzene rings is 1. The van der Waals surface area contributed by atoms with Crippen LogP contribution in [0.4, 0.5) is 5.69 Å². The van der Waals surface area contributed by atoms with Crippen LogP contribution in [0.5, 0.6) is 5.75 Å². The normalized spacial score (nSPS) is 21.0. The molecular formula is C9H11NO. The molecule has 2 heteroatoms. The van der Waals surface area contributed by atoms with Gasteiger partial charge in [-0.1, -0.05) is 13.0 Å². The summed E-state index contributed by atoms with van der Waals surface area (Å²) in [6.45, 7) is 3.05. The van der Waals surface area contributed by atoms with Gasteiger partial charge < -0.3 is 10.4 Å². The van der Waals surface area contributed by atoms with Crippen LogP contribution in [0.15, 0.2) is 18.2 Å². The van der Waals surface area contributed by atoms with Crippen LogP contribution in [-0.4, -0.2) is 11.7 Å². The average Bonchev–Trinajstić information content (AvgIpc) is 2.34. The number of phenolic OH excluding ortho intramolecular Hbond substituents is 1. The molecule has 0 radical (unpaired) electrons. The highest BCUT2D eigenvalue weighted by Gasteiger charge is 2.20. The van der Waals surface area contributed by atoms with E-state index in [1.807, 2.05) is 12.1 Å². The van der Waals surface area contributed by atoms with Crippen LogP contribution in [0.25, 0.3) is 0 Å². The second-order valence-corrected chi connectivity index (χ2v) is 3.02. The molecule has 0 bridgehead atoms. The molecule has 0 saturated carbocycles. The fourth-order valence-electron chi connectivity index (χ4n) is 1.59. The van der Waals surface area contributed by atoms with Crippen molar-refractivity contribution in [2.45, 2.75) is 12.8 Å². The van der Waals surface area contributed by atoms with Gasteiger partial charge in [-0.3, -0.25) is 0 Å². The van der Waals surface area contributed by atoms with E-state index in [0.29, 0.717) is 11.7 Å². The van der Waals surface area contributed by atoms with Gasteiger partial charge in [-0.05, 0) is 12.1 Å². The maximum Gasteiger partial charge on any atom is 0.121 e. The highest BCUT2D eigenvalue weighted by atomic mass is 16.3. The lowest BCUT2D eigenvalue weighted by atomic mass is 10.0. The molecule has 2 nitrogen and oxygen atoms in total. The molecule has 0 aliphatic carbocycles. The zero-order valence-corrected chi connectivity index (χ0v) is 6.46. The zero-order chi connectivity index (χ0) is 7.84. The Morgan fingerprint density at radius 2 is 2.36 bits per heavy atom. The molecule has 1 aromatic carbocycles. The summed E-state index contributed by atoms with van der Waals surface area (Å²) in [7, 11) is 0. The Kier molecular flexibility index (Phi) is 1.28.